The number of carboxylic acid groups (broad SMARTS) is 2. The fourth-order valence-electron chi connectivity index (χ4n) is 0.894. The van der Waals surface area contributed by atoms with Crippen molar-refractivity contribution in [3.63, 3.8) is 0 Å². The lowest BCUT2D eigenvalue weighted by Crippen LogP contribution is -2.00. The predicted molar refractivity (Wildman–Crippen MR) is 49.7 cm³/mol. The van der Waals surface area contributed by atoms with Crippen LogP contribution in [0.5, 0.6) is 0 Å². The van der Waals surface area contributed by atoms with E-state index in [0.29, 0.717) is 0 Å². The fourth-order valence-corrected chi connectivity index (χ4v) is 0.894. The van der Waals surface area contributed by atoms with E-state index in [-0.39, 0.29) is 11.1 Å². The molecule has 0 spiro atoms. The van der Waals surface area contributed by atoms with Gasteiger partial charge in [-0.2, -0.15) is 0 Å². The van der Waals surface area contributed by atoms with Crippen LogP contribution in [-0.4, -0.2) is 22.2 Å². The lowest BCUT2D eigenvalue weighted by atomic mass is 10.1. The Morgan fingerprint density at radius 2 is 1.21 bits per heavy atom. The molecule has 0 aromatic carbocycles. The van der Waals surface area contributed by atoms with Crippen molar-refractivity contribution >= 4 is 11.9 Å². The van der Waals surface area contributed by atoms with Crippen molar-refractivity contribution < 1.29 is 19.8 Å². The van der Waals surface area contributed by atoms with Crippen molar-refractivity contribution in [1.82, 2.24) is 0 Å². The third-order valence-corrected chi connectivity index (χ3v) is 1.60. The molecule has 1 aliphatic rings. The Morgan fingerprint density at radius 3 is 1.50 bits per heavy atom. The molecule has 0 aromatic heterocycles. The van der Waals surface area contributed by atoms with Gasteiger partial charge in [-0.1, -0.05) is 12.2 Å². The minimum Gasteiger partial charge on any atom is -0.478 e. The van der Waals surface area contributed by atoms with Crippen LogP contribution in [0.2, 0.25) is 0 Å². The van der Waals surface area contributed by atoms with E-state index in [0.717, 1.165) is 0 Å². The quantitative estimate of drug-likeness (QED) is 0.687. The summed E-state index contributed by atoms with van der Waals surface area (Å²) < 4.78 is 0. The van der Waals surface area contributed by atoms with Gasteiger partial charge in [0.1, 0.15) is 0 Å². The lowest BCUT2D eigenvalue weighted by molar-refractivity contribution is -0.133. The molecule has 2 N–H and O–H groups in total. The van der Waals surface area contributed by atoms with Crippen molar-refractivity contribution in [1.29, 1.82) is 0 Å². The van der Waals surface area contributed by atoms with Crippen LogP contribution in [0.25, 0.3) is 0 Å². The lowest BCUT2D eigenvalue weighted by Gasteiger charge is -1.96. The van der Waals surface area contributed by atoms with Crippen molar-refractivity contribution in [2.24, 2.45) is 0 Å². The Hall–Kier alpha value is -2.10. The van der Waals surface area contributed by atoms with Crippen molar-refractivity contribution in [2.45, 2.75) is 0 Å². The molecule has 0 bridgehead atoms. The van der Waals surface area contributed by atoms with Crippen molar-refractivity contribution in [3.05, 3.63) is 47.6 Å². The smallest absolute Gasteiger partial charge is 0.335 e. The largest absolute Gasteiger partial charge is 0.478 e. The third kappa shape index (κ3) is 2.45. The van der Waals surface area contributed by atoms with Crippen molar-refractivity contribution in [3.8, 4) is 0 Å². The van der Waals surface area contributed by atoms with E-state index in [1.54, 1.807) is 0 Å². The second-order valence-electron chi connectivity index (χ2n) is 2.57. The molecule has 0 atom stereocenters. The molecule has 4 nitrogen and oxygen atoms in total. The Balaban J connectivity index is 3.05. The van der Waals surface area contributed by atoms with Gasteiger partial charge in [0, 0.05) is 0 Å². The van der Waals surface area contributed by atoms with Crippen LogP contribution < -0.4 is 0 Å². The molecule has 72 valence electrons. The maximum absolute atomic E-state index is 10.6. The van der Waals surface area contributed by atoms with Gasteiger partial charge in [0.15, 0.2) is 0 Å². The predicted octanol–water partition coefficient (Wildman–Crippen LogP) is 1.13. The van der Waals surface area contributed by atoms with Crippen LogP contribution in [0.3, 0.4) is 0 Å². The third-order valence-electron chi connectivity index (χ3n) is 1.60. The molecular weight excluding hydrogens is 184 g/mol. The monoisotopic (exact) mass is 192 g/mol. The van der Waals surface area contributed by atoms with Crippen LogP contribution in [-0.2, 0) is 9.59 Å². The number of rotatable bonds is 2. The van der Waals surface area contributed by atoms with Crippen LogP contribution >= 0.6 is 0 Å². The van der Waals surface area contributed by atoms with Gasteiger partial charge in [0.2, 0.25) is 0 Å². The minimum absolute atomic E-state index is 0.0492. The maximum atomic E-state index is 10.6. The van der Waals surface area contributed by atoms with Crippen LogP contribution in [0, 0.1) is 0 Å². The SMILES string of the molecule is O=C(O)C1=C/C=C(C(=O)O)\C=C/C=C\1. The Bertz CT molecular complexity index is 345. The van der Waals surface area contributed by atoms with Gasteiger partial charge in [0.25, 0.3) is 0 Å². The van der Waals surface area contributed by atoms with Gasteiger partial charge in [0.05, 0.1) is 11.1 Å². The summed E-state index contributed by atoms with van der Waals surface area (Å²) in [6, 6.07) is 0. The molecule has 0 fully saturated rings. The molecule has 14 heavy (non-hydrogen) atoms. The number of aliphatic carboxylic acids is 2. The molecule has 0 aliphatic heterocycles. The summed E-state index contributed by atoms with van der Waals surface area (Å²) >= 11 is 0. The molecule has 1 rings (SSSR count). The van der Waals surface area contributed by atoms with E-state index in [9.17, 15) is 9.59 Å². The first-order chi connectivity index (χ1) is 6.61. The molecule has 1 aliphatic carbocycles. The molecule has 4 heteroatoms. The second kappa shape index (κ2) is 4.23. The maximum Gasteiger partial charge on any atom is 0.335 e. The van der Waals surface area contributed by atoms with E-state index in [4.69, 9.17) is 10.2 Å². The molecule has 0 aromatic rings. The second-order valence-corrected chi connectivity index (χ2v) is 2.57. The summed E-state index contributed by atoms with van der Waals surface area (Å²) in [6.45, 7) is 0. The highest BCUT2D eigenvalue weighted by Crippen LogP contribution is 2.06. The molecule has 0 amide bonds. The van der Waals surface area contributed by atoms with Gasteiger partial charge in [-0.15, -0.1) is 0 Å². The van der Waals surface area contributed by atoms with Gasteiger partial charge < -0.3 is 10.2 Å². The zero-order valence-corrected chi connectivity index (χ0v) is 7.18. The normalized spacial score (nSPS) is 27.1. The topological polar surface area (TPSA) is 74.6 Å². The number of carbonyl (C=O) groups is 2. The van der Waals surface area contributed by atoms with Crippen LogP contribution in [0.4, 0.5) is 0 Å². The molecule has 0 saturated heterocycles. The average Bonchev–Trinajstić information content (AvgIpc) is 2.01. The summed E-state index contributed by atoms with van der Waals surface area (Å²) in [7, 11) is 0. The molecule has 0 radical (unpaired) electrons. The molecule has 0 heterocycles. The Labute approximate surface area is 80.2 Å². The van der Waals surface area contributed by atoms with E-state index >= 15 is 0 Å². The number of carboxylic acids is 2. The fraction of sp³-hybridized carbons (Fsp3) is 0. The highest BCUT2D eigenvalue weighted by Gasteiger charge is 2.05. The van der Waals surface area contributed by atoms with Crippen LogP contribution in [0.15, 0.2) is 47.6 Å². The minimum atomic E-state index is -1.09. The standard InChI is InChI=1S/C10H8O4/c11-9(12)7-3-1-2-4-8(6-5-7)10(13)14/h1-6H,(H,11,12)(H,13,14)/b2-1?,3-1-,4-2-,6-5?,7-3?,7-5+,8-4?,8-6+. The van der Waals surface area contributed by atoms with E-state index in [1.165, 1.54) is 36.5 Å². The van der Waals surface area contributed by atoms with Crippen LogP contribution in [0.1, 0.15) is 0 Å². The van der Waals surface area contributed by atoms with E-state index in [2.05, 4.69) is 0 Å². The summed E-state index contributed by atoms with van der Waals surface area (Å²) in [6.07, 6.45) is 8.27. The summed E-state index contributed by atoms with van der Waals surface area (Å²) in [5, 5.41) is 17.3. The summed E-state index contributed by atoms with van der Waals surface area (Å²) in [5.41, 5.74) is 0.0983. The number of hydrogen-bond acceptors (Lipinski definition) is 2. The van der Waals surface area contributed by atoms with Gasteiger partial charge in [-0.05, 0) is 24.3 Å². The zero-order valence-electron chi connectivity index (χ0n) is 7.18. The summed E-state index contributed by atoms with van der Waals surface area (Å²) in [4.78, 5) is 21.2. The first-order valence-electron chi connectivity index (χ1n) is 3.84. The Kier molecular flexibility index (Phi) is 3.01. The van der Waals surface area contributed by atoms with Gasteiger partial charge in [-0.3, -0.25) is 0 Å². The highest BCUT2D eigenvalue weighted by molar-refractivity contribution is 5.93. The van der Waals surface area contributed by atoms with E-state index < -0.39 is 11.9 Å². The van der Waals surface area contributed by atoms with E-state index in [1.807, 2.05) is 0 Å². The highest BCUT2D eigenvalue weighted by atomic mass is 16.4. The van der Waals surface area contributed by atoms with Crippen molar-refractivity contribution in [2.75, 3.05) is 0 Å². The molecular formula is C10H8O4. The molecule has 0 unspecified atom stereocenters. The first kappa shape index (κ1) is 9.98. The number of allylic oxidation sites excluding steroid dienone is 4. The molecule has 0 saturated carbocycles. The first-order valence-corrected chi connectivity index (χ1v) is 3.84. The van der Waals surface area contributed by atoms with Gasteiger partial charge >= 0.3 is 11.9 Å². The number of hydrogen-bond donors (Lipinski definition) is 2. The summed E-state index contributed by atoms with van der Waals surface area (Å²) in [5.74, 6) is -2.17. The Morgan fingerprint density at radius 1 is 0.857 bits per heavy atom. The average molecular weight is 192 g/mol. The van der Waals surface area contributed by atoms with Gasteiger partial charge in [-0.25, -0.2) is 9.59 Å². The zero-order chi connectivity index (χ0) is 10.6.